The van der Waals surface area contributed by atoms with Gasteiger partial charge in [-0.2, -0.15) is 0 Å². The molecule has 2 aliphatic rings. The molecule has 1 N–H and O–H groups in total. The van der Waals surface area contributed by atoms with Gasteiger partial charge in [0.2, 0.25) is 0 Å². The van der Waals surface area contributed by atoms with Gasteiger partial charge in [-0.15, -0.1) is 11.3 Å². The van der Waals surface area contributed by atoms with E-state index < -0.39 is 5.97 Å². The topological polar surface area (TPSA) is 62.7 Å². The van der Waals surface area contributed by atoms with E-state index in [2.05, 4.69) is 10.3 Å². The van der Waals surface area contributed by atoms with Gasteiger partial charge in [0.1, 0.15) is 10.8 Å². The second-order valence-electron chi connectivity index (χ2n) is 6.75. The van der Waals surface area contributed by atoms with Gasteiger partial charge in [-0.3, -0.25) is 9.69 Å². The van der Waals surface area contributed by atoms with Crippen molar-refractivity contribution >= 4 is 17.3 Å². The molecule has 3 heterocycles. The molecule has 0 spiro atoms. The van der Waals surface area contributed by atoms with Crippen molar-refractivity contribution in [2.75, 3.05) is 6.61 Å². The fourth-order valence-corrected chi connectivity index (χ4v) is 4.99. The zero-order chi connectivity index (χ0) is 17.4. The number of benzene rings is 1. The van der Waals surface area contributed by atoms with Crippen LogP contribution in [0.15, 0.2) is 29.6 Å². The Morgan fingerprint density at radius 2 is 2.16 bits per heavy atom. The highest BCUT2D eigenvalue weighted by atomic mass is 32.1. The molecule has 2 bridgehead atoms. The van der Waals surface area contributed by atoms with Crippen LogP contribution in [-0.4, -0.2) is 39.7 Å². The smallest absolute Gasteiger partial charge is 0.308 e. The average molecular weight is 358 g/mol. The molecule has 1 aromatic heterocycles. The van der Waals surface area contributed by atoms with Crippen LogP contribution in [0.3, 0.4) is 0 Å². The van der Waals surface area contributed by atoms with Gasteiger partial charge in [-0.05, 0) is 50.5 Å². The summed E-state index contributed by atoms with van der Waals surface area (Å²) in [6.07, 6.45) is 2.90. The lowest BCUT2D eigenvalue weighted by Gasteiger charge is -2.21. The summed E-state index contributed by atoms with van der Waals surface area (Å²) in [6.45, 7) is 3.39. The van der Waals surface area contributed by atoms with Crippen molar-refractivity contribution in [1.82, 2.24) is 9.88 Å². The van der Waals surface area contributed by atoms with Crippen molar-refractivity contribution in [1.29, 1.82) is 0 Å². The summed E-state index contributed by atoms with van der Waals surface area (Å²) in [5, 5.41) is 12.5. The Morgan fingerprint density at radius 3 is 2.84 bits per heavy atom. The van der Waals surface area contributed by atoms with Crippen molar-refractivity contribution in [3.05, 3.63) is 35.3 Å². The zero-order valence-electron chi connectivity index (χ0n) is 14.2. The molecule has 0 saturated carbocycles. The first-order valence-corrected chi connectivity index (χ1v) is 9.70. The minimum atomic E-state index is -0.648. The van der Waals surface area contributed by atoms with Gasteiger partial charge in [-0.25, -0.2) is 4.98 Å². The van der Waals surface area contributed by atoms with Crippen molar-refractivity contribution in [3.63, 3.8) is 0 Å². The first-order chi connectivity index (χ1) is 12.2. The number of carbonyl (C=O) groups is 1. The van der Waals surface area contributed by atoms with E-state index in [0.29, 0.717) is 12.6 Å². The Kier molecular flexibility index (Phi) is 4.48. The molecule has 0 amide bonds. The molecule has 1 aromatic carbocycles. The summed E-state index contributed by atoms with van der Waals surface area (Å²) in [5.74, 6) is 0.0184. The van der Waals surface area contributed by atoms with Crippen LogP contribution in [0, 0.1) is 5.92 Å². The number of thiazole rings is 1. The van der Waals surface area contributed by atoms with E-state index in [1.54, 1.807) is 11.3 Å². The number of rotatable bonds is 6. The number of carboxylic acids is 1. The van der Waals surface area contributed by atoms with Crippen LogP contribution >= 0.6 is 11.3 Å². The number of aliphatic carboxylic acids is 1. The predicted octanol–water partition coefficient (Wildman–Crippen LogP) is 3.65. The lowest BCUT2D eigenvalue weighted by Crippen LogP contribution is -2.32. The third-order valence-electron chi connectivity index (χ3n) is 5.31. The first kappa shape index (κ1) is 16.5. The van der Waals surface area contributed by atoms with Crippen LogP contribution in [0.1, 0.15) is 31.9 Å². The van der Waals surface area contributed by atoms with Crippen molar-refractivity contribution in [2.45, 2.75) is 44.8 Å². The highest BCUT2D eigenvalue weighted by Gasteiger charge is 2.49. The molecule has 0 radical (unpaired) electrons. The maximum absolute atomic E-state index is 11.4. The van der Waals surface area contributed by atoms with E-state index in [1.165, 1.54) is 0 Å². The maximum atomic E-state index is 11.4. The van der Waals surface area contributed by atoms with Crippen molar-refractivity contribution in [3.8, 4) is 16.3 Å². The first-order valence-electron chi connectivity index (χ1n) is 8.82. The van der Waals surface area contributed by atoms with Crippen molar-refractivity contribution in [2.24, 2.45) is 5.92 Å². The predicted molar refractivity (Wildman–Crippen MR) is 96.8 cm³/mol. The van der Waals surface area contributed by atoms with E-state index in [-0.39, 0.29) is 12.0 Å². The number of hydrogen-bond donors (Lipinski definition) is 1. The fourth-order valence-electron chi connectivity index (χ4n) is 4.17. The Balaban J connectivity index is 1.46. The largest absolute Gasteiger partial charge is 0.494 e. The Hall–Kier alpha value is -1.92. The summed E-state index contributed by atoms with van der Waals surface area (Å²) < 4.78 is 5.48. The number of fused-ring (bicyclic) bond motifs is 2. The summed E-state index contributed by atoms with van der Waals surface area (Å²) in [6, 6.07) is 8.59. The second kappa shape index (κ2) is 6.77. The summed E-state index contributed by atoms with van der Waals surface area (Å²) in [5.41, 5.74) is 2.13. The van der Waals surface area contributed by atoms with Crippen LogP contribution in [-0.2, 0) is 11.3 Å². The van der Waals surface area contributed by atoms with Gasteiger partial charge in [0.05, 0.1) is 18.2 Å². The van der Waals surface area contributed by atoms with E-state index in [0.717, 1.165) is 47.8 Å². The SMILES string of the molecule is CCOc1ccc(-c2nc(CN3C4CCC3C(C(=O)O)C4)cs2)cc1. The standard InChI is InChI=1S/C19H22N2O3S/c1-2-24-15-6-3-12(4-7-15)18-20-13(11-25-18)10-21-14-5-8-17(21)16(9-14)19(22)23/h3-4,6-7,11,14,16-17H,2,5,8-10H2,1H3,(H,22,23). The van der Waals surface area contributed by atoms with Crippen LogP contribution in [0.2, 0.25) is 0 Å². The summed E-state index contributed by atoms with van der Waals surface area (Å²) in [7, 11) is 0. The minimum Gasteiger partial charge on any atom is -0.494 e. The van der Waals surface area contributed by atoms with E-state index in [1.807, 2.05) is 31.2 Å². The lowest BCUT2D eigenvalue weighted by atomic mass is 9.89. The summed E-state index contributed by atoms with van der Waals surface area (Å²) >= 11 is 1.64. The molecule has 3 atom stereocenters. The molecule has 5 nitrogen and oxygen atoms in total. The molecule has 2 aromatic rings. The number of nitrogens with zero attached hydrogens (tertiary/aromatic N) is 2. The van der Waals surface area contributed by atoms with Crippen LogP contribution in [0.5, 0.6) is 5.75 Å². The third kappa shape index (κ3) is 3.16. The number of aromatic nitrogens is 1. The van der Waals surface area contributed by atoms with E-state index in [4.69, 9.17) is 9.72 Å². The molecular weight excluding hydrogens is 336 g/mol. The van der Waals surface area contributed by atoms with Gasteiger partial charge < -0.3 is 9.84 Å². The zero-order valence-corrected chi connectivity index (χ0v) is 15.0. The molecule has 3 unspecified atom stereocenters. The number of ether oxygens (including phenoxy) is 1. The molecular formula is C19H22N2O3S. The van der Waals surface area contributed by atoms with Crippen LogP contribution in [0.4, 0.5) is 0 Å². The molecule has 2 aliphatic heterocycles. The van der Waals surface area contributed by atoms with Gasteiger partial charge in [0, 0.05) is 29.6 Å². The molecule has 4 rings (SSSR count). The van der Waals surface area contributed by atoms with Crippen LogP contribution in [0.25, 0.3) is 10.6 Å². The second-order valence-corrected chi connectivity index (χ2v) is 7.61. The van der Waals surface area contributed by atoms with Gasteiger partial charge >= 0.3 is 5.97 Å². The normalized spacial score (nSPS) is 25.4. The van der Waals surface area contributed by atoms with Crippen molar-refractivity contribution < 1.29 is 14.6 Å². The molecule has 0 aliphatic carbocycles. The Bertz CT molecular complexity index is 758. The third-order valence-corrected chi connectivity index (χ3v) is 6.25. The lowest BCUT2D eigenvalue weighted by molar-refractivity contribution is -0.142. The average Bonchev–Trinajstić information content (AvgIpc) is 3.32. The molecule has 6 heteroatoms. The van der Waals surface area contributed by atoms with Gasteiger partial charge in [-0.1, -0.05) is 0 Å². The molecule has 132 valence electrons. The van der Waals surface area contributed by atoms with E-state index in [9.17, 15) is 9.90 Å². The summed E-state index contributed by atoms with van der Waals surface area (Å²) in [4.78, 5) is 18.5. The van der Waals surface area contributed by atoms with Gasteiger partial charge in [0.15, 0.2) is 0 Å². The van der Waals surface area contributed by atoms with E-state index >= 15 is 0 Å². The number of hydrogen-bond acceptors (Lipinski definition) is 5. The Morgan fingerprint density at radius 1 is 1.36 bits per heavy atom. The number of carboxylic acid groups (broad SMARTS) is 1. The van der Waals surface area contributed by atoms with Crippen LogP contribution < -0.4 is 4.74 Å². The molecule has 2 saturated heterocycles. The maximum Gasteiger partial charge on any atom is 0.308 e. The minimum absolute atomic E-state index is 0.179. The highest BCUT2D eigenvalue weighted by Crippen LogP contribution is 2.42. The Labute approximate surface area is 151 Å². The monoisotopic (exact) mass is 358 g/mol. The molecule has 2 fully saturated rings. The highest BCUT2D eigenvalue weighted by molar-refractivity contribution is 7.13. The quantitative estimate of drug-likeness (QED) is 0.854. The van der Waals surface area contributed by atoms with Gasteiger partial charge in [0.25, 0.3) is 0 Å². The fraction of sp³-hybridized carbons (Fsp3) is 0.474. The molecule has 25 heavy (non-hydrogen) atoms.